The second kappa shape index (κ2) is 8.47. The smallest absolute Gasteiger partial charge is 0.314 e. The topological polar surface area (TPSA) is 15.3 Å². The molecule has 8 heteroatoms. The Morgan fingerprint density at radius 1 is 1.23 bits per heavy atom. The van der Waals surface area contributed by atoms with E-state index in [9.17, 15) is 17.6 Å². The summed E-state index contributed by atoms with van der Waals surface area (Å²) < 4.78 is 51.2. The molecule has 126 valence electrons. The van der Waals surface area contributed by atoms with Crippen molar-refractivity contribution in [3.8, 4) is 0 Å². The molecule has 2 nitrogen and oxygen atoms in total. The van der Waals surface area contributed by atoms with Gasteiger partial charge in [-0.25, -0.2) is 4.39 Å². The minimum absolute atomic E-state index is 0. The van der Waals surface area contributed by atoms with E-state index < -0.39 is 18.4 Å². The summed E-state index contributed by atoms with van der Waals surface area (Å²) in [5.74, 6) is -0.409. The maximum Gasteiger partial charge on any atom is 0.389 e. The first-order valence-electron chi connectivity index (χ1n) is 6.83. The fourth-order valence-corrected chi connectivity index (χ4v) is 2.97. The summed E-state index contributed by atoms with van der Waals surface area (Å²) in [6.45, 7) is 2.89. The van der Waals surface area contributed by atoms with Crippen LogP contribution in [0.4, 0.5) is 17.6 Å². The van der Waals surface area contributed by atoms with E-state index in [2.05, 4.69) is 21.2 Å². The van der Waals surface area contributed by atoms with Crippen molar-refractivity contribution in [1.29, 1.82) is 0 Å². The lowest BCUT2D eigenvalue weighted by Gasteiger charge is -2.35. The molecular formula is C14H18BrClF4N2. The Kier molecular flexibility index (Phi) is 7.58. The lowest BCUT2D eigenvalue weighted by Crippen LogP contribution is -2.45. The molecular weight excluding hydrogens is 388 g/mol. The lowest BCUT2D eigenvalue weighted by atomic mass is 9.99. The predicted molar refractivity (Wildman–Crippen MR) is 83.8 cm³/mol. The van der Waals surface area contributed by atoms with E-state index in [0.717, 1.165) is 18.7 Å². The highest BCUT2D eigenvalue weighted by atomic mass is 79.9. The molecule has 2 rings (SSSR count). The minimum Gasteiger partial charge on any atom is -0.314 e. The van der Waals surface area contributed by atoms with Crippen LogP contribution in [0.2, 0.25) is 0 Å². The van der Waals surface area contributed by atoms with Crippen molar-refractivity contribution in [2.45, 2.75) is 25.1 Å². The van der Waals surface area contributed by atoms with Gasteiger partial charge in [-0.3, -0.25) is 4.90 Å². The van der Waals surface area contributed by atoms with E-state index in [0.29, 0.717) is 13.1 Å². The summed E-state index contributed by atoms with van der Waals surface area (Å²) in [5.41, 5.74) is 0.717. The first-order chi connectivity index (χ1) is 9.87. The van der Waals surface area contributed by atoms with Crippen LogP contribution in [0.25, 0.3) is 0 Å². The van der Waals surface area contributed by atoms with Crippen LogP contribution < -0.4 is 5.32 Å². The van der Waals surface area contributed by atoms with Crippen LogP contribution in [0.5, 0.6) is 0 Å². The average molecular weight is 406 g/mol. The normalized spacial score (nSPS) is 17.9. The molecule has 22 heavy (non-hydrogen) atoms. The van der Waals surface area contributed by atoms with Crippen molar-refractivity contribution in [1.82, 2.24) is 10.2 Å². The van der Waals surface area contributed by atoms with Gasteiger partial charge in [0.05, 0.1) is 4.47 Å². The van der Waals surface area contributed by atoms with Gasteiger partial charge in [0.1, 0.15) is 5.82 Å². The van der Waals surface area contributed by atoms with Crippen LogP contribution in [0.1, 0.15) is 24.4 Å². The van der Waals surface area contributed by atoms with E-state index >= 15 is 0 Å². The molecule has 1 aromatic carbocycles. The van der Waals surface area contributed by atoms with E-state index in [4.69, 9.17) is 0 Å². The first kappa shape index (κ1) is 19.7. The van der Waals surface area contributed by atoms with Crippen LogP contribution in [-0.4, -0.2) is 37.3 Å². The Bertz CT molecular complexity index is 478. The molecule has 1 atom stereocenters. The van der Waals surface area contributed by atoms with Gasteiger partial charge >= 0.3 is 6.18 Å². The molecule has 0 unspecified atom stereocenters. The second-order valence-electron chi connectivity index (χ2n) is 5.13. The molecule has 1 aliphatic rings. The maximum absolute atomic E-state index is 13.3. The largest absolute Gasteiger partial charge is 0.389 e. The van der Waals surface area contributed by atoms with E-state index in [1.54, 1.807) is 12.1 Å². The Morgan fingerprint density at radius 3 is 2.41 bits per heavy atom. The van der Waals surface area contributed by atoms with Gasteiger partial charge in [-0.1, -0.05) is 6.07 Å². The highest BCUT2D eigenvalue weighted by Gasteiger charge is 2.31. The van der Waals surface area contributed by atoms with Crippen LogP contribution in [0.15, 0.2) is 22.7 Å². The van der Waals surface area contributed by atoms with Crippen LogP contribution in [0, 0.1) is 5.82 Å². The number of benzene rings is 1. The average Bonchev–Trinajstić information content (AvgIpc) is 2.43. The molecule has 1 aliphatic heterocycles. The van der Waals surface area contributed by atoms with Gasteiger partial charge in [0.25, 0.3) is 0 Å². The molecule has 0 spiro atoms. The third kappa shape index (κ3) is 5.68. The van der Waals surface area contributed by atoms with Crippen molar-refractivity contribution in [2.24, 2.45) is 0 Å². The number of piperazine rings is 1. The molecule has 1 saturated heterocycles. The Hall–Kier alpha value is -0.370. The van der Waals surface area contributed by atoms with Gasteiger partial charge in [0.2, 0.25) is 0 Å². The zero-order chi connectivity index (χ0) is 15.5. The van der Waals surface area contributed by atoms with E-state index in [-0.39, 0.29) is 29.3 Å². The molecule has 0 saturated carbocycles. The minimum atomic E-state index is -4.18. The van der Waals surface area contributed by atoms with Crippen molar-refractivity contribution in [2.75, 3.05) is 26.2 Å². The van der Waals surface area contributed by atoms with E-state index in [1.807, 2.05) is 4.90 Å². The summed E-state index contributed by atoms with van der Waals surface area (Å²) in [6.07, 6.45) is -5.03. The summed E-state index contributed by atoms with van der Waals surface area (Å²) >= 11 is 3.10. The molecule has 1 heterocycles. The third-order valence-corrected chi connectivity index (χ3v) is 4.23. The summed E-state index contributed by atoms with van der Waals surface area (Å²) in [5, 5.41) is 3.18. The third-order valence-electron chi connectivity index (χ3n) is 3.62. The predicted octanol–water partition coefficient (Wildman–Crippen LogP) is 4.30. The quantitative estimate of drug-likeness (QED) is 0.752. The summed E-state index contributed by atoms with van der Waals surface area (Å²) in [7, 11) is 0. The number of hydrogen-bond donors (Lipinski definition) is 1. The zero-order valence-electron chi connectivity index (χ0n) is 11.8. The highest BCUT2D eigenvalue weighted by Crippen LogP contribution is 2.33. The van der Waals surface area contributed by atoms with Crippen molar-refractivity contribution < 1.29 is 17.6 Å². The standard InChI is InChI=1S/C14H17BrF4N2.ClH/c15-11-9-10(1-2-12(11)16)13(3-4-14(17,18)19)21-7-5-20-6-8-21;/h1-2,9,13,20H,3-8H2;1H/t13-;/m0./s1. The highest BCUT2D eigenvalue weighted by molar-refractivity contribution is 9.10. The Morgan fingerprint density at radius 2 is 1.86 bits per heavy atom. The SMILES string of the molecule is Cl.Fc1ccc([C@H](CCC(F)(F)F)N2CCNCC2)cc1Br. The molecule has 0 aromatic heterocycles. The van der Waals surface area contributed by atoms with Crippen molar-refractivity contribution in [3.05, 3.63) is 34.1 Å². The maximum atomic E-state index is 13.3. The number of nitrogens with one attached hydrogen (secondary N) is 1. The molecule has 1 aromatic rings. The lowest BCUT2D eigenvalue weighted by molar-refractivity contribution is -0.138. The fraction of sp³-hybridized carbons (Fsp3) is 0.571. The van der Waals surface area contributed by atoms with E-state index in [1.165, 1.54) is 6.07 Å². The Labute approximate surface area is 141 Å². The van der Waals surface area contributed by atoms with Gasteiger partial charge < -0.3 is 5.32 Å². The van der Waals surface area contributed by atoms with Crippen LogP contribution in [-0.2, 0) is 0 Å². The number of hydrogen-bond acceptors (Lipinski definition) is 2. The molecule has 0 amide bonds. The molecule has 1 N–H and O–H groups in total. The van der Waals surface area contributed by atoms with Crippen molar-refractivity contribution in [3.63, 3.8) is 0 Å². The fourth-order valence-electron chi connectivity index (χ4n) is 2.57. The number of alkyl halides is 3. The molecule has 0 radical (unpaired) electrons. The first-order valence-corrected chi connectivity index (χ1v) is 7.62. The number of nitrogens with zero attached hydrogens (tertiary/aromatic N) is 1. The second-order valence-corrected chi connectivity index (χ2v) is 5.98. The van der Waals surface area contributed by atoms with Crippen LogP contribution in [0.3, 0.4) is 0 Å². The van der Waals surface area contributed by atoms with Gasteiger partial charge in [0, 0.05) is 38.6 Å². The Balaban J connectivity index is 0.00000242. The van der Waals surface area contributed by atoms with Crippen molar-refractivity contribution >= 4 is 28.3 Å². The van der Waals surface area contributed by atoms with Gasteiger partial charge in [0.15, 0.2) is 0 Å². The molecule has 0 aliphatic carbocycles. The summed E-state index contributed by atoms with van der Waals surface area (Å²) in [4.78, 5) is 2.03. The zero-order valence-corrected chi connectivity index (χ0v) is 14.2. The number of rotatable bonds is 4. The van der Waals surface area contributed by atoms with Gasteiger partial charge in [-0.2, -0.15) is 13.2 Å². The van der Waals surface area contributed by atoms with Gasteiger partial charge in [-0.15, -0.1) is 12.4 Å². The number of halogens is 6. The summed E-state index contributed by atoms with van der Waals surface area (Å²) in [6, 6.07) is 4.11. The van der Waals surface area contributed by atoms with Crippen LogP contribution >= 0.6 is 28.3 Å². The molecule has 1 fully saturated rings. The molecule has 0 bridgehead atoms. The van der Waals surface area contributed by atoms with Gasteiger partial charge in [-0.05, 0) is 40.0 Å². The monoisotopic (exact) mass is 404 g/mol.